The van der Waals surface area contributed by atoms with Crippen LogP contribution in [-0.4, -0.2) is 92.8 Å². The van der Waals surface area contributed by atoms with E-state index in [0.29, 0.717) is 12.4 Å². The Balaban J connectivity index is 1.52. The minimum Gasteiger partial charge on any atom is -0.356 e. The molecule has 0 radical (unpaired) electrons. The quantitative estimate of drug-likeness (QED) is 0.235. The number of nitrogens with one attached hydrogen (secondary N) is 3. The van der Waals surface area contributed by atoms with Crippen molar-refractivity contribution in [1.82, 2.24) is 20.4 Å². The van der Waals surface area contributed by atoms with Gasteiger partial charge >= 0.3 is 0 Å². The van der Waals surface area contributed by atoms with Crippen molar-refractivity contribution in [1.29, 1.82) is 5.41 Å². The molecular weight excluding hydrogens is 530 g/mol. The van der Waals surface area contributed by atoms with Crippen LogP contribution in [0.1, 0.15) is 48.6 Å². The van der Waals surface area contributed by atoms with Crippen molar-refractivity contribution in [2.24, 2.45) is 10.9 Å². The summed E-state index contributed by atoms with van der Waals surface area (Å²) in [6.45, 7) is 12.1. The van der Waals surface area contributed by atoms with Gasteiger partial charge in [0.15, 0.2) is 0 Å². The minimum atomic E-state index is -0.333. The van der Waals surface area contributed by atoms with Crippen molar-refractivity contribution in [2.45, 2.75) is 58.7 Å². The topological polar surface area (TPSA) is 87.1 Å². The molecule has 0 bridgehead atoms. The van der Waals surface area contributed by atoms with E-state index in [-0.39, 0.29) is 30.5 Å². The maximum absolute atomic E-state index is 13.2. The predicted molar refractivity (Wildman–Crippen MR) is 165 cm³/mol. The molecule has 0 spiro atoms. The largest absolute Gasteiger partial charge is 0.356 e. The van der Waals surface area contributed by atoms with Crippen molar-refractivity contribution in [2.75, 3.05) is 58.3 Å². The average molecular weight is 574 g/mol. The molecule has 214 valence electrons. The van der Waals surface area contributed by atoms with Crippen molar-refractivity contribution < 1.29 is 4.79 Å². The summed E-state index contributed by atoms with van der Waals surface area (Å²) in [7, 11) is 4.06. The standard InChI is InChI=1S/C29H44ClN7OS/c1-19-20(2)39-29-27(19)24(17-22-8-6-9-23(30)16-22)34-25(28(32-4)37(29)21(3)31)18-26(38)33-10-7-11-36-14-12-35(5)13-15-36/h6,9,16,22,25,28,31-32H,7-8,10-15,17-18H2,1-5H3,(H,33,38). The maximum Gasteiger partial charge on any atom is 0.222 e. The lowest BCUT2D eigenvalue weighted by Gasteiger charge is -2.34. The number of allylic oxidation sites excluding steroid dienone is 4. The number of thiophene rings is 1. The van der Waals surface area contributed by atoms with Gasteiger partial charge in [-0.25, -0.2) is 0 Å². The summed E-state index contributed by atoms with van der Waals surface area (Å²) in [5.41, 5.74) is 3.31. The van der Waals surface area contributed by atoms with E-state index in [4.69, 9.17) is 22.0 Å². The zero-order valence-electron chi connectivity index (χ0n) is 24.0. The molecule has 3 heterocycles. The van der Waals surface area contributed by atoms with Crippen molar-refractivity contribution in [3.05, 3.63) is 39.3 Å². The zero-order valence-corrected chi connectivity index (χ0v) is 25.6. The first-order chi connectivity index (χ1) is 18.7. The third kappa shape index (κ3) is 7.38. The van der Waals surface area contributed by atoms with Crippen LogP contribution in [0.4, 0.5) is 5.00 Å². The van der Waals surface area contributed by atoms with Crippen LogP contribution in [0.15, 0.2) is 28.3 Å². The first-order valence-electron chi connectivity index (χ1n) is 14.1. The molecule has 4 rings (SSSR count). The molecule has 0 saturated carbocycles. The highest BCUT2D eigenvalue weighted by Crippen LogP contribution is 2.41. The van der Waals surface area contributed by atoms with Gasteiger partial charge in [-0.1, -0.05) is 23.8 Å². The number of amidine groups is 1. The zero-order chi connectivity index (χ0) is 28.1. The average Bonchev–Trinajstić information content (AvgIpc) is 3.11. The lowest BCUT2D eigenvalue weighted by atomic mass is 9.91. The van der Waals surface area contributed by atoms with Gasteiger partial charge in [-0.3, -0.25) is 20.5 Å². The second kappa shape index (κ2) is 13.5. The van der Waals surface area contributed by atoms with Gasteiger partial charge in [-0.2, -0.15) is 0 Å². The number of anilines is 1. The van der Waals surface area contributed by atoms with E-state index in [2.05, 4.69) is 53.5 Å². The number of halogens is 1. The highest BCUT2D eigenvalue weighted by molar-refractivity contribution is 7.17. The Morgan fingerprint density at radius 2 is 2.00 bits per heavy atom. The number of hydrogen-bond donors (Lipinski definition) is 3. The number of hydrogen-bond acceptors (Lipinski definition) is 7. The molecule has 1 aromatic rings. The van der Waals surface area contributed by atoms with Gasteiger partial charge in [0, 0.05) is 53.9 Å². The van der Waals surface area contributed by atoms with Crippen LogP contribution in [0.5, 0.6) is 0 Å². The number of fused-ring (bicyclic) bond motifs is 1. The molecule has 1 aliphatic carbocycles. The van der Waals surface area contributed by atoms with Crippen LogP contribution in [0, 0.1) is 25.2 Å². The summed E-state index contributed by atoms with van der Waals surface area (Å²) in [6, 6.07) is -0.333. The summed E-state index contributed by atoms with van der Waals surface area (Å²) in [5.74, 6) is 0.693. The van der Waals surface area contributed by atoms with Gasteiger partial charge in [-0.05, 0) is 78.2 Å². The third-order valence-electron chi connectivity index (χ3n) is 8.03. The fraction of sp³-hybridized carbons (Fsp3) is 0.621. The fourth-order valence-corrected chi connectivity index (χ4v) is 7.24. The van der Waals surface area contributed by atoms with E-state index in [9.17, 15) is 4.79 Å². The normalized spacial score (nSPS) is 24.2. The van der Waals surface area contributed by atoms with Crippen LogP contribution >= 0.6 is 22.9 Å². The molecule has 3 atom stereocenters. The Morgan fingerprint density at radius 3 is 2.67 bits per heavy atom. The summed E-state index contributed by atoms with van der Waals surface area (Å²) in [5, 5.41) is 17.0. The van der Waals surface area contributed by atoms with Gasteiger partial charge < -0.3 is 20.0 Å². The number of carbonyl (C=O) groups is 1. The number of carbonyl (C=O) groups excluding carboxylic acids is 1. The Hall–Kier alpha value is -2.04. The van der Waals surface area contributed by atoms with E-state index < -0.39 is 0 Å². The first kappa shape index (κ1) is 29.9. The van der Waals surface area contributed by atoms with Crippen molar-refractivity contribution >= 4 is 45.4 Å². The number of rotatable bonds is 9. The van der Waals surface area contributed by atoms with Crippen LogP contribution in [-0.2, 0) is 4.79 Å². The van der Waals surface area contributed by atoms with Crippen molar-refractivity contribution in [3.63, 3.8) is 0 Å². The number of nitrogens with zero attached hydrogens (tertiary/aromatic N) is 4. The minimum absolute atomic E-state index is 0.00556. The van der Waals surface area contributed by atoms with Crippen LogP contribution < -0.4 is 15.5 Å². The summed E-state index contributed by atoms with van der Waals surface area (Å²) in [4.78, 5) is 26.6. The molecule has 3 N–H and O–H groups in total. The molecule has 1 aromatic heterocycles. The van der Waals surface area contributed by atoms with Gasteiger partial charge in [0.2, 0.25) is 5.91 Å². The highest BCUT2D eigenvalue weighted by atomic mass is 35.5. The van der Waals surface area contributed by atoms with Gasteiger partial charge in [0.25, 0.3) is 0 Å². The Labute approximate surface area is 242 Å². The second-order valence-electron chi connectivity index (χ2n) is 11.0. The van der Waals surface area contributed by atoms with E-state index in [1.807, 2.05) is 24.9 Å². The Bertz CT molecular complexity index is 1130. The molecule has 8 nitrogen and oxygen atoms in total. The number of piperazine rings is 1. The molecule has 1 amide bonds. The van der Waals surface area contributed by atoms with Crippen LogP contribution in [0.3, 0.4) is 0 Å². The number of aryl methyl sites for hydroxylation is 1. The SMILES string of the molecule is CNC1C(CC(=O)NCCCN2CCN(C)CC2)N=C(CC2C=C(Cl)C=CC2)c2c(sc(C)c2C)N1C(C)=N. The lowest BCUT2D eigenvalue weighted by Crippen LogP contribution is -2.53. The number of likely N-dealkylation sites (N-methyl/N-ethyl adjacent to an activating group) is 2. The van der Waals surface area contributed by atoms with Crippen LogP contribution in [0.25, 0.3) is 0 Å². The molecular formula is C29H44ClN7OS. The monoisotopic (exact) mass is 573 g/mol. The molecule has 10 heteroatoms. The maximum atomic E-state index is 13.2. The van der Waals surface area contributed by atoms with Crippen molar-refractivity contribution in [3.8, 4) is 0 Å². The Morgan fingerprint density at radius 1 is 1.26 bits per heavy atom. The van der Waals surface area contributed by atoms with E-state index in [1.54, 1.807) is 11.3 Å². The molecule has 0 aromatic carbocycles. The number of amides is 1. The van der Waals surface area contributed by atoms with E-state index in [0.717, 1.165) is 73.3 Å². The van der Waals surface area contributed by atoms with E-state index in [1.165, 1.54) is 10.4 Å². The van der Waals surface area contributed by atoms with Crippen LogP contribution in [0.2, 0.25) is 0 Å². The molecule has 1 saturated heterocycles. The number of aliphatic imine (C=N–C) groups is 1. The summed E-state index contributed by atoms with van der Waals surface area (Å²) in [6.07, 6.45) is 8.75. The summed E-state index contributed by atoms with van der Waals surface area (Å²) < 4.78 is 0. The predicted octanol–water partition coefficient (Wildman–Crippen LogP) is 4.12. The molecule has 1 fully saturated rings. The highest BCUT2D eigenvalue weighted by Gasteiger charge is 2.37. The molecule has 39 heavy (non-hydrogen) atoms. The van der Waals surface area contributed by atoms with Gasteiger partial charge in [0.05, 0.1) is 18.3 Å². The first-order valence-corrected chi connectivity index (χ1v) is 15.3. The smallest absolute Gasteiger partial charge is 0.222 e. The van der Waals surface area contributed by atoms with E-state index >= 15 is 0 Å². The Kier molecular flexibility index (Phi) is 10.4. The molecule has 3 unspecified atom stereocenters. The third-order valence-corrected chi connectivity index (χ3v) is 9.48. The van der Waals surface area contributed by atoms with Gasteiger partial charge in [0.1, 0.15) is 11.2 Å². The molecule has 3 aliphatic rings. The fourth-order valence-electron chi connectivity index (χ4n) is 5.71. The second-order valence-corrected chi connectivity index (χ2v) is 12.6. The summed E-state index contributed by atoms with van der Waals surface area (Å²) >= 11 is 8.06. The van der Waals surface area contributed by atoms with Gasteiger partial charge in [-0.15, -0.1) is 11.3 Å². The molecule has 2 aliphatic heterocycles. The lowest BCUT2D eigenvalue weighted by molar-refractivity contribution is -0.121.